The van der Waals surface area contributed by atoms with Gasteiger partial charge >= 0.3 is 0 Å². The Hall–Kier alpha value is -2.49. The molecule has 156 valence electrons. The lowest BCUT2D eigenvalue weighted by molar-refractivity contribution is -0.124. The largest absolute Gasteiger partial charge is 0.487 e. The summed E-state index contributed by atoms with van der Waals surface area (Å²) in [6, 6.07) is 14.1. The molecule has 0 aliphatic carbocycles. The van der Waals surface area contributed by atoms with E-state index in [0.29, 0.717) is 5.92 Å². The van der Waals surface area contributed by atoms with Crippen molar-refractivity contribution < 1.29 is 14.3 Å². The number of nitrogens with one attached hydrogen (secondary N) is 1. The predicted molar refractivity (Wildman–Crippen MR) is 117 cm³/mol. The van der Waals surface area contributed by atoms with Crippen LogP contribution in [0.4, 0.5) is 0 Å². The van der Waals surface area contributed by atoms with Crippen LogP contribution in [0.2, 0.25) is 0 Å². The molecule has 0 saturated carbocycles. The van der Waals surface area contributed by atoms with Gasteiger partial charge in [0.25, 0.3) is 5.91 Å². The minimum absolute atomic E-state index is 0.00788. The van der Waals surface area contributed by atoms with Gasteiger partial charge in [-0.25, -0.2) is 0 Å². The van der Waals surface area contributed by atoms with Gasteiger partial charge in [-0.2, -0.15) is 0 Å². The molecule has 1 atom stereocenters. The van der Waals surface area contributed by atoms with E-state index in [0.717, 1.165) is 47.5 Å². The van der Waals surface area contributed by atoms with Gasteiger partial charge in [-0.05, 0) is 48.9 Å². The zero-order chi connectivity index (χ0) is 21.0. The molecule has 4 heteroatoms. The molecule has 0 spiro atoms. The molecule has 2 aromatic carbocycles. The highest BCUT2D eigenvalue weighted by molar-refractivity contribution is 5.78. The monoisotopic (exact) mass is 395 g/mol. The number of amides is 1. The van der Waals surface area contributed by atoms with Crippen molar-refractivity contribution in [1.29, 1.82) is 0 Å². The second-order valence-electron chi connectivity index (χ2n) is 8.34. The van der Waals surface area contributed by atoms with E-state index in [-0.39, 0.29) is 24.2 Å². The van der Waals surface area contributed by atoms with Crippen molar-refractivity contribution >= 4 is 5.91 Å². The molecule has 0 aromatic heterocycles. The first-order valence-electron chi connectivity index (χ1n) is 10.7. The third-order valence-corrected chi connectivity index (χ3v) is 5.97. The summed E-state index contributed by atoms with van der Waals surface area (Å²) in [5.41, 5.74) is 3.04. The van der Waals surface area contributed by atoms with Gasteiger partial charge < -0.3 is 14.8 Å². The second kappa shape index (κ2) is 8.89. The summed E-state index contributed by atoms with van der Waals surface area (Å²) in [6.45, 7) is 10.6. The van der Waals surface area contributed by atoms with E-state index in [2.05, 4.69) is 45.1 Å². The van der Waals surface area contributed by atoms with Crippen LogP contribution in [0.1, 0.15) is 75.6 Å². The van der Waals surface area contributed by atoms with Crippen LogP contribution in [0.3, 0.4) is 0 Å². The van der Waals surface area contributed by atoms with E-state index in [4.69, 9.17) is 9.47 Å². The van der Waals surface area contributed by atoms with Gasteiger partial charge in [0.1, 0.15) is 17.1 Å². The number of hydrogen-bond acceptors (Lipinski definition) is 3. The van der Waals surface area contributed by atoms with E-state index in [1.54, 1.807) is 0 Å². The van der Waals surface area contributed by atoms with E-state index >= 15 is 0 Å². The lowest BCUT2D eigenvalue weighted by Gasteiger charge is -2.41. The first-order valence-corrected chi connectivity index (χ1v) is 10.7. The van der Waals surface area contributed by atoms with Crippen molar-refractivity contribution in [1.82, 2.24) is 5.32 Å². The number of benzene rings is 2. The fraction of sp³-hybridized carbons (Fsp3) is 0.480. The first-order chi connectivity index (χ1) is 13.9. The quantitative estimate of drug-likeness (QED) is 0.654. The van der Waals surface area contributed by atoms with Gasteiger partial charge in [0.2, 0.25) is 0 Å². The third-order valence-electron chi connectivity index (χ3n) is 5.97. The van der Waals surface area contributed by atoms with Crippen LogP contribution in [0.25, 0.3) is 0 Å². The molecule has 0 bridgehead atoms. The van der Waals surface area contributed by atoms with Gasteiger partial charge in [-0.15, -0.1) is 0 Å². The first kappa shape index (κ1) is 21.2. The predicted octanol–water partition coefficient (Wildman–Crippen LogP) is 5.70. The van der Waals surface area contributed by atoms with Crippen molar-refractivity contribution in [2.24, 2.45) is 0 Å². The Morgan fingerprint density at radius 3 is 2.62 bits per heavy atom. The summed E-state index contributed by atoms with van der Waals surface area (Å²) in [5.74, 6) is 1.89. The molecule has 2 aromatic rings. The molecule has 0 saturated heterocycles. The maximum absolute atomic E-state index is 12.8. The van der Waals surface area contributed by atoms with Crippen molar-refractivity contribution in [3.05, 3.63) is 59.2 Å². The minimum atomic E-state index is -0.242. The van der Waals surface area contributed by atoms with Crippen LogP contribution in [-0.4, -0.2) is 18.1 Å². The molecule has 1 unspecified atom stereocenters. The number of carbonyl (C=O) groups is 1. The Balaban J connectivity index is 1.73. The van der Waals surface area contributed by atoms with E-state index in [1.165, 1.54) is 0 Å². The van der Waals surface area contributed by atoms with Crippen molar-refractivity contribution in [3.8, 4) is 11.5 Å². The highest BCUT2D eigenvalue weighted by Crippen LogP contribution is 2.42. The Morgan fingerprint density at radius 1 is 1.21 bits per heavy atom. The second-order valence-corrected chi connectivity index (χ2v) is 8.34. The number of fused-ring (bicyclic) bond motifs is 1. The Labute approximate surface area is 174 Å². The zero-order valence-corrected chi connectivity index (χ0v) is 18.2. The molecule has 1 aliphatic rings. The summed E-state index contributed by atoms with van der Waals surface area (Å²) in [7, 11) is 0. The molecule has 1 amide bonds. The van der Waals surface area contributed by atoms with E-state index < -0.39 is 0 Å². The summed E-state index contributed by atoms with van der Waals surface area (Å²) in [5, 5.41) is 3.19. The van der Waals surface area contributed by atoms with Crippen LogP contribution < -0.4 is 14.8 Å². The maximum atomic E-state index is 12.8. The third kappa shape index (κ3) is 4.75. The summed E-state index contributed by atoms with van der Waals surface area (Å²) in [4.78, 5) is 12.8. The van der Waals surface area contributed by atoms with E-state index in [9.17, 15) is 4.79 Å². The molecule has 29 heavy (non-hydrogen) atoms. The van der Waals surface area contributed by atoms with Crippen LogP contribution >= 0.6 is 0 Å². The highest BCUT2D eigenvalue weighted by atomic mass is 16.5. The minimum Gasteiger partial charge on any atom is -0.487 e. The smallest absolute Gasteiger partial charge is 0.258 e. The standard InChI is InChI=1S/C25H33NO3/c1-6-25(7-2)15-21(20-10-8-9-11-22(20)29-25)26-24(27)16-28-23-14-18(5)12-13-19(23)17(3)4/h8-14,17,21H,6-7,15-16H2,1-5H3,(H,26,27). The lowest BCUT2D eigenvalue weighted by atomic mass is 9.83. The number of hydrogen-bond donors (Lipinski definition) is 1. The maximum Gasteiger partial charge on any atom is 0.258 e. The Morgan fingerprint density at radius 2 is 1.93 bits per heavy atom. The average Bonchev–Trinajstić information content (AvgIpc) is 2.71. The number of ether oxygens (including phenoxy) is 2. The van der Waals surface area contributed by atoms with Gasteiger partial charge in [-0.1, -0.05) is 58.0 Å². The molecule has 4 nitrogen and oxygen atoms in total. The molecule has 1 heterocycles. The summed E-state index contributed by atoms with van der Waals surface area (Å²) < 4.78 is 12.3. The number of aryl methyl sites for hydroxylation is 1. The summed E-state index contributed by atoms with van der Waals surface area (Å²) in [6.07, 6.45) is 2.58. The lowest BCUT2D eigenvalue weighted by Crippen LogP contribution is -2.45. The van der Waals surface area contributed by atoms with Gasteiger partial charge in [0.15, 0.2) is 6.61 Å². The number of para-hydroxylation sites is 1. The number of rotatable bonds is 7. The average molecular weight is 396 g/mol. The Kier molecular flexibility index (Phi) is 6.51. The van der Waals surface area contributed by atoms with E-state index in [1.807, 2.05) is 37.3 Å². The molecule has 1 aliphatic heterocycles. The molecular weight excluding hydrogens is 362 g/mol. The number of carbonyl (C=O) groups excluding carboxylic acids is 1. The fourth-order valence-corrected chi connectivity index (χ4v) is 4.05. The summed E-state index contributed by atoms with van der Waals surface area (Å²) >= 11 is 0. The van der Waals surface area contributed by atoms with Crippen molar-refractivity contribution in [2.75, 3.05) is 6.61 Å². The fourth-order valence-electron chi connectivity index (χ4n) is 4.05. The van der Waals surface area contributed by atoms with Crippen LogP contribution in [-0.2, 0) is 4.79 Å². The van der Waals surface area contributed by atoms with Gasteiger partial charge in [0.05, 0.1) is 6.04 Å². The topological polar surface area (TPSA) is 47.6 Å². The highest BCUT2D eigenvalue weighted by Gasteiger charge is 2.38. The molecular formula is C25H33NO3. The molecule has 3 rings (SSSR count). The van der Waals surface area contributed by atoms with Gasteiger partial charge in [-0.3, -0.25) is 4.79 Å². The van der Waals surface area contributed by atoms with Crippen molar-refractivity contribution in [2.45, 2.75) is 71.4 Å². The zero-order valence-electron chi connectivity index (χ0n) is 18.2. The normalized spacial score (nSPS) is 17.4. The molecule has 1 N–H and O–H groups in total. The van der Waals surface area contributed by atoms with Crippen molar-refractivity contribution in [3.63, 3.8) is 0 Å². The molecule has 0 fully saturated rings. The van der Waals surface area contributed by atoms with Crippen LogP contribution in [0.15, 0.2) is 42.5 Å². The van der Waals surface area contributed by atoms with Gasteiger partial charge in [0, 0.05) is 12.0 Å². The molecule has 0 radical (unpaired) electrons. The SMILES string of the molecule is CCC1(CC)CC(NC(=O)COc2cc(C)ccc2C(C)C)c2ccccc2O1. The van der Waals surface area contributed by atoms with Crippen LogP contribution in [0.5, 0.6) is 11.5 Å². The Bertz CT molecular complexity index is 855. The van der Waals surface area contributed by atoms with Crippen LogP contribution in [0, 0.1) is 6.92 Å².